The van der Waals surface area contributed by atoms with E-state index in [9.17, 15) is 9.90 Å². The first-order valence-electron chi connectivity index (χ1n) is 5.58. The molecule has 0 aliphatic heterocycles. The average molecular weight is 283 g/mol. The highest BCUT2D eigenvalue weighted by atomic mass is 79.9. The van der Waals surface area contributed by atoms with Gasteiger partial charge in [-0.05, 0) is 24.0 Å². The minimum atomic E-state index is -0.670. The van der Waals surface area contributed by atoms with Gasteiger partial charge >= 0.3 is 5.97 Å². The van der Waals surface area contributed by atoms with Crippen LogP contribution in [0.5, 0.6) is 0 Å². The molecule has 0 bridgehead atoms. The fourth-order valence-electron chi connectivity index (χ4n) is 2.52. The number of carbonyl (C=O) groups is 1. The highest BCUT2D eigenvalue weighted by molar-refractivity contribution is 9.08. The van der Waals surface area contributed by atoms with Crippen LogP contribution in [0.25, 0.3) is 0 Å². The van der Waals surface area contributed by atoms with Gasteiger partial charge in [0, 0.05) is 5.33 Å². The summed E-state index contributed by atoms with van der Waals surface area (Å²) < 4.78 is 0. The first-order valence-corrected chi connectivity index (χ1v) is 6.70. The van der Waals surface area contributed by atoms with Crippen molar-refractivity contribution in [3.8, 4) is 0 Å². The zero-order valence-electron chi connectivity index (χ0n) is 9.08. The quantitative estimate of drug-likeness (QED) is 0.862. The normalized spacial score (nSPS) is 18.6. The first kappa shape index (κ1) is 11.6. The molecule has 0 atom stereocenters. The highest BCUT2D eigenvalue weighted by Gasteiger charge is 2.42. The molecule has 1 aliphatic rings. The van der Waals surface area contributed by atoms with Crippen molar-refractivity contribution in [2.45, 2.75) is 36.4 Å². The molecule has 1 aliphatic carbocycles. The van der Waals surface area contributed by atoms with Crippen molar-refractivity contribution in [2.75, 3.05) is 0 Å². The lowest BCUT2D eigenvalue weighted by atomic mass is 9.79. The molecule has 0 heterocycles. The number of alkyl halides is 1. The summed E-state index contributed by atoms with van der Waals surface area (Å²) in [5, 5.41) is 10.2. The summed E-state index contributed by atoms with van der Waals surface area (Å²) in [5.41, 5.74) is 1.52. The molecule has 16 heavy (non-hydrogen) atoms. The van der Waals surface area contributed by atoms with Crippen LogP contribution in [0.15, 0.2) is 24.3 Å². The van der Waals surface area contributed by atoms with Gasteiger partial charge in [-0.25, -0.2) is 0 Å². The van der Waals surface area contributed by atoms with Gasteiger partial charge in [0.05, 0.1) is 5.41 Å². The third-order valence-electron chi connectivity index (χ3n) is 3.53. The zero-order valence-corrected chi connectivity index (χ0v) is 10.7. The van der Waals surface area contributed by atoms with E-state index in [1.54, 1.807) is 0 Å². The molecule has 0 saturated heterocycles. The van der Waals surface area contributed by atoms with Crippen LogP contribution in [-0.4, -0.2) is 11.1 Å². The minimum Gasteiger partial charge on any atom is -0.481 e. The molecule has 1 aromatic carbocycles. The molecule has 86 valence electrons. The molecule has 1 fully saturated rings. The summed E-state index contributed by atoms with van der Waals surface area (Å²) in [6.07, 6.45) is 3.59. The van der Waals surface area contributed by atoms with Crippen LogP contribution in [0.1, 0.15) is 36.8 Å². The summed E-state index contributed by atoms with van der Waals surface area (Å²) >= 11 is 3.39. The van der Waals surface area contributed by atoms with Crippen molar-refractivity contribution in [3.63, 3.8) is 0 Å². The second kappa shape index (κ2) is 4.58. The zero-order chi connectivity index (χ0) is 11.6. The number of carboxylic acids is 1. The van der Waals surface area contributed by atoms with E-state index < -0.39 is 11.4 Å². The van der Waals surface area contributed by atoms with Crippen LogP contribution < -0.4 is 0 Å². The molecule has 3 heteroatoms. The van der Waals surface area contributed by atoms with E-state index in [4.69, 9.17) is 0 Å². The number of rotatable bonds is 3. The number of carboxylic acid groups (broad SMARTS) is 1. The Labute approximate surface area is 104 Å². The van der Waals surface area contributed by atoms with E-state index in [1.807, 2.05) is 24.3 Å². The number of halogens is 1. The van der Waals surface area contributed by atoms with Gasteiger partial charge in [0.15, 0.2) is 0 Å². The molecule has 0 unspecified atom stereocenters. The van der Waals surface area contributed by atoms with Crippen molar-refractivity contribution < 1.29 is 9.90 Å². The van der Waals surface area contributed by atoms with Gasteiger partial charge in [0.1, 0.15) is 0 Å². The predicted molar refractivity (Wildman–Crippen MR) is 66.9 cm³/mol. The lowest BCUT2D eigenvalue weighted by Crippen LogP contribution is -2.32. The Morgan fingerprint density at radius 3 is 2.25 bits per heavy atom. The second-order valence-electron chi connectivity index (χ2n) is 4.42. The maximum atomic E-state index is 11.5. The number of hydrogen-bond donors (Lipinski definition) is 1. The second-order valence-corrected chi connectivity index (χ2v) is 4.99. The largest absolute Gasteiger partial charge is 0.481 e. The third-order valence-corrected chi connectivity index (χ3v) is 4.17. The SMILES string of the molecule is O=C(O)C1(c2ccc(CBr)cc2)CCCC1. The molecular weight excluding hydrogens is 268 g/mol. The molecule has 0 aromatic heterocycles. The van der Waals surface area contributed by atoms with E-state index in [2.05, 4.69) is 15.9 Å². The number of aliphatic carboxylic acids is 1. The Hall–Kier alpha value is -0.830. The van der Waals surface area contributed by atoms with Gasteiger partial charge in [0.2, 0.25) is 0 Å². The van der Waals surface area contributed by atoms with Crippen LogP contribution in [-0.2, 0) is 15.5 Å². The number of hydrogen-bond acceptors (Lipinski definition) is 1. The van der Waals surface area contributed by atoms with Crippen LogP contribution in [0, 0.1) is 0 Å². The average Bonchev–Trinajstić information content (AvgIpc) is 2.79. The van der Waals surface area contributed by atoms with Gasteiger partial charge in [0.25, 0.3) is 0 Å². The van der Waals surface area contributed by atoms with E-state index in [-0.39, 0.29) is 0 Å². The number of benzene rings is 1. The highest BCUT2D eigenvalue weighted by Crippen LogP contribution is 2.41. The molecule has 0 radical (unpaired) electrons. The summed E-state index contributed by atoms with van der Waals surface area (Å²) in [6.45, 7) is 0. The van der Waals surface area contributed by atoms with Crippen LogP contribution >= 0.6 is 15.9 Å². The van der Waals surface area contributed by atoms with Crippen LogP contribution in [0.3, 0.4) is 0 Å². The first-order chi connectivity index (χ1) is 7.69. The third kappa shape index (κ3) is 1.88. The fraction of sp³-hybridized carbons (Fsp3) is 0.462. The van der Waals surface area contributed by atoms with Crippen molar-refractivity contribution in [1.82, 2.24) is 0 Å². The van der Waals surface area contributed by atoms with Gasteiger partial charge in [-0.1, -0.05) is 53.0 Å². The van der Waals surface area contributed by atoms with Gasteiger partial charge in [-0.3, -0.25) is 4.79 Å². The van der Waals surface area contributed by atoms with E-state index >= 15 is 0 Å². The van der Waals surface area contributed by atoms with E-state index in [0.717, 1.165) is 36.6 Å². The van der Waals surface area contributed by atoms with Crippen molar-refractivity contribution in [1.29, 1.82) is 0 Å². The summed E-state index contributed by atoms with van der Waals surface area (Å²) in [7, 11) is 0. The lowest BCUT2D eigenvalue weighted by molar-refractivity contribution is -0.143. The Bertz CT molecular complexity index is 377. The molecule has 1 saturated carbocycles. The van der Waals surface area contributed by atoms with Gasteiger partial charge in [-0.15, -0.1) is 0 Å². The van der Waals surface area contributed by atoms with Gasteiger partial charge < -0.3 is 5.11 Å². The standard InChI is InChI=1S/C13H15BrO2/c14-9-10-3-5-11(6-4-10)13(12(15)16)7-1-2-8-13/h3-6H,1-2,7-9H2,(H,15,16). The van der Waals surface area contributed by atoms with Gasteiger partial charge in [-0.2, -0.15) is 0 Å². The summed E-state index contributed by atoms with van der Waals surface area (Å²) in [4.78, 5) is 11.5. The Morgan fingerprint density at radius 1 is 1.25 bits per heavy atom. The Morgan fingerprint density at radius 2 is 1.81 bits per heavy atom. The summed E-state index contributed by atoms with van der Waals surface area (Å²) in [5.74, 6) is -0.670. The molecule has 0 amide bonds. The van der Waals surface area contributed by atoms with Crippen LogP contribution in [0.2, 0.25) is 0 Å². The maximum Gasteiger partial charge on any atom is 0.314 e. The monoisotopic (exact) mass is 282 g/mol. The lowest BCUT2D eigenvalue weighted by Gasteiger charge is -2.24. The molecule has 1 aromatic rings. The fourth-order valence-corrected chi connectivity index (χ4v) is 2.89. The molecular formula is C13H15BrO2. The maximum absolute atomic E-state index is 11.5. The molecule has 2 rings (SSSR count). The molecule has 1 N–H and O–H groups in total. The van der Waals surface area contributed by atoms with Crippen molar-refractivity contribution in [3.05, 3.63) is 35.4 Å². The van der Waals surface area contributed by atoms with E-state index in [1.165, 1.54) is 5.56 Å². The Balaban J connectivity index is 2.36. The predicted octanol–water partition coefficient (Wildman–Crippen LogP) is 3.48. The van der Waals surface area contributed by atoms with E-state index in [0.29, 0.717) is 0 Å². The van der Waals surface area contributed by atoms with Crippen LogP contribution in [0.4, 0.5) is 0 Å². The molecule has 0 spiro atoms. The topological polar surface area (TPSA) is 37.3 Å². The molecule has 2 nitrogen and oxygen atoms in total. The van der Waals surface area contributed by atoms with Crippen molar-refractivity contribution >= 4 is 21.9 Å². The summed E-state index contributed by atoms with van der Waals surface area (Å²) in [6, 6.07) is 7.95. The smallest absolute Gasteiger partial charge is 0.314 e. The Kier molecular flexibility index (Phi) is 3.33. The van der Waals surface area contributed by atoms with Crippen molar-refractivity contribution in [2.24, 2.45) is 0 Å². The minimum absolute atomic E-state index is 0.620.